The lowest BCUT2D eigenvalue weighted by molar-refractivity contribution is -0.154. The van der Waals surface area contributed by atoms with Crippen molar-refractivity contribution in [2.24, 2.45) is 17.1 Å². The second kappa shape index (κ2) is 48.0. The lowest BCUT2D eigenvalue weighted by Crippen LogP contribution is -2.58. The molecule has 0 aliphatic heterocycles. The third-order valence-corrected chi connectivity index (χ3v) is 11.9. The van der Waals surface area contributed by atoms with Gasteiger partial charge >= 0.3 is 18.0 Å². The van der Waals surface area contributed by atoms with Gasteiger partial charge in [0.05, 0.1) is 151 Å². The van der Waals surface area contributed by atoms with Crippen molar-refractivity contribution in [3.8, 4) is 5.75 Å². The van der Waals surface area contributed by atoms with Crippen LogP contribution >= 0.6 is 0 Å². The number of carbonyl (C=O) groups excluding carboxylic acids is 6. The number of carboxylic acid groups (broad SMARTS) is 1. The molecule has 488 valence electrons. The Morgan fingerprint density at radius 1 is 0.523 bits per heavy atom. The quantitative estimate of drug-likeness (QED) is 0.0370. The summed E-state index contributed by atoms with van der Waals surface area (Å²) in [6.07, 6.45) is -0.592. The van der Waals surface area contributed by atoms with E-state index < -0.39 is 77.9 Å². The third-order valence-electron chi connectivity index (χ3n) is 11.9. The SMILES string of the molecule is COCCOCCOCCOCCOCCOCCOCCOCCOCCOCCOCCOc1ccc(C[C@H](NC(=O)CCC(=O)O)C(=O)N[C@H](C(=O)N[C@@H](CCCNC(N)=O)C(=O)Nc2ccc(COC(=O)C(C)(C)C)cc2)C(C)C)cc1. The highest BCUT2D eigenvalue weighted by Gasteiger charge is 2.32. The molecule has 27 nitrogen and oxygen atoms in total. The predicted molar refractivity (Wildman–Crippen MR) is 314 cm³/mol. The van der Waals surface area contributed by atoms with Gasteiger partial charge in [-0.05, 0) is 74.9 Å². The Kier molecular flexibility index (Phi) is 42.4. The maximum atomic E-state index is 14.0. The van der Waals surface area contributed by atoms with Crippen molar-refractivity contribution in [2.45, 2.75) is 91.5 Å². The van der Waals surface area contributed by atoms with Crippen molar-refractivity contribution in [3.05, 3.63) is 59.7 Å². The molecular formula is C59H96N6O21. The Morgan fingerprint density at radius 2 is 0.965 bits per heavy atom. The van der Waals surface area contributed by atoms with E-state index in [1.807, 2.05) is 0 Å². The number of nitrogens with two attached hydrogens (primary N) is 1. The zero-order valence-electron chi connectivity index (χ0n) is 51.1. The van der Waals surface area contributed by atoms with Crippen LogP contribution < -0.4 is 37.1 Å². The van der Waals surface area contributed by atoms with E-state index in [4.69, 9.17) is 67.3 Å². The number of esters is 1. The number of anilines is 1. The smallest absolute Gasteiger partial charge is 0.312 e. The van der Waals surface area contributed by atoms with Crippen molar-refractivity contribution in [2.75, 3.05) is 164 Å². The van der Waals surface area contributed by atoms with Crippen molar-refractivity contribution in [1.82, 2.24) is 21.3 Å². The van der Waals surface area contributed by atoms with E-state index in [1.165, 1.54) is 0 Å². The number of carboxylic acids is 1. The molecule has 8 N–H and O–H groups in total. The fraction of sp³-hybridized carbons (Fsp3) is 0.678. The number of primary amides is 1. The molecule has 0 spiro atoms. The molecule has 0 radical (unpaired) electrons. The number of hydrogen-bond acceptors (Lipinski definition) is 20. The van der Waals surface area contributed by atoms with E-state index in [9.17, 15) is 38.7 Å². The Hall–Kier alpha value is -6.11. The van der Waals surface area contributed by atoms with E-state index >= 15 is 0 Å². The molecule has 0 aliphatic rings. The standard InChI is InChI=1S/C59H96N6O21/c1-44(2)53(56(71)64-49(8-7-19-61-58(60)73)54(69)62-47-13-9-46(10-14-47)43-86-57(72)59(3,4)5)65-55(70)50(63-51(66)17-18-52(67)68)42-45-11-15-48(16-12-45)85-41-40-84-39-38-83-37-36-82-35-34-81-33-32-80-31-30-79-29-28-78-27-26-77-25-24-76-23-22-75-21-20-74-6/h9-16,44,49-50,53H,7-8,17-43H2,1-6H3,(H,62,69)(H,63,66)(H,64,71)(H,65,70)(H,67,68)(H3,60,61,73)/t49-,50-,53-/m0/s1. The Bertz CT molecular complexity index is 2170. The number of nitrogens with one attached hydrogen (secondary N) is 5. The molecular weight excluding hydrogens is 1130 g/mol. The van der Waals surface area contributed by atoms with Crippen LogP contribution in [0.4, 0.5) is 10.5 Å². The fourth-order valence-electron chi connectivity index (χ4n) is 7.21. The van der Waals surface area contributed by atoms with E-state index in [0.29, 0.717) is 155 Å². The van der Waals surface area contributed by atoms with Gasteiger partial charge in [-0.1, -0.05) is 38.1 Å². The van der Waals surface area contributed by atoms with Crippen molar-refractivity contribution in [3.63, 3.8) is 0 Å². The maximum absolute atomic E-state index is 14.0. The van der Waals surface area contributed by atoms with Crippen molar-refractivity contribution >= 4 is 47.3 Å². The summed E-state index contributed by atoms with van der Waals surface area (Å²) in [5.74, 6) is -4.27. The molecule has 6 amide bonds. The summed E-state index contributed by atoms with van der Waals surface area (Å²) in [4.78, 5) is 89.4. The molecule has 3 atom stereocenters. The normalized spacial score (nSPS) is 12.5. The fourth-order valence-corrected chi connectivity index (χ4v) is 7.21. The molecule has 27 heteroatoms. The Balaban J connectivity index is 1.70. The molecule has 0 fully saturated rings. The van der Waals surface area contributed by atoms with Crippen LogP contribution in [0.25, 0.3) is 0 Å². The molecule has 0 heterocycles. The van der Waals surface area contributed by atoms with Crippen LogP contribution in [-0.4, -0.2) is 224 Å². The minimum absolute atomic E-state index is 0.0290. The number of benzene rings is 2. The first-order valence-corrected chi connectivity index (χ1v) is 29.1. The number of amides is 6. The zero-order valence-corrected chi connectivity index (χ0v) is 51.1. The van der Waals surface area contributed by atoms with Crippen LogP contribution in [0, 0.1) is 11.3 Å². The van der Waals surface area contributed by atoms with Crippen LogP contribution in [0.2, 0.25) is 0 Å². The average Bonchev–Trinajstić information content (AvgIpc) is 3.49. The van der Waals surface area contributed by atoms with Gasteiger partial charge in [-0.25, -0.2) is 4.79 Å². The summed E-state index contributed by atoms with van der Waals surface area (Å²) in [7, 11) is 1.63. The van der Waals surface area contributed by atoms with Gasteiger partial charge in [0.15, 0.2) is 0 Å². The summed E-state index contributed by atoms with van der Waals surface area (Å²) in [6.45, 7) is 18.5. The lowest BCUT2D eigenvalue weighted by Gasteiger charge is -2.27. The topological polar surface area (TPSA) is 346 Å². The first-order valence-electron chi connectivity index (χ1n) is 29.1. The molecule has 0 saturated heterocycles. The summed E-state index contributed by atoms with van der Waals surface area (Å²) in [5, 5.41) is 22.5. The third kappa shape index (κ3) is 39.6. The van der Waals surface area contributed by atoms with E-state index in [-0.39, 0.29) is 51.6 Å². The number of methoxy groups -OCH3 is 1. The minimum Gasteiger partial charge on any atom is -0.491 e. The molecule has 86 heavy (non-hydrogen) atoms. The summed E-state index contributed by atoms with van der Waals surface area (Å²) in [5.41, 5.74) is 6.23. The van der Waals surface area contributed by atoms with Gasteiger partial charge in [0.2, 0.25) is 23.6 Å². The molecule has 2 aromatic rings. The predicted octanol–water partition coefficient (Wildman–Crippen LogP) is 2.57. The van der Waals surface area contributed by atoms with Gasteiger partial charge in [0.25, 0.3) is 0 Å². The van der Waals surface area contributed by atoms with Gasteiger partial charge in [-0.3, -0.25) is 28.8 Å². The molecule has 0 bridgehead atoms. The highest BCUT2D eigenvalue weighted by atomic mass is 16.6. The zero-order chi connectivity index (χ0) is 63.1. The highest BCUT2D eigenvalue weighted by Crippen LogP contribution is 2.19. The molecule has 0 aromatic heterocycles. The largest absolute Gasteiger partial charge is 0.491 e. The van der Waals surface area contributed by atoms with Gasteiger partial charge in [-0.15, -0.1) is 0 Å². The number of aliphatic carboxylic acids is 1. The Labute approximate surface area is 505 Å². The van der Waals surface area contributed by atoms with E-state index in [1.54, 1.807) is 90.3 Å². The van der Waals surface area contributed by atoms with E-state index in [0.717, 1.165) is 0 Å². The molecule has 2 aromatic carbocycles. The number of hydrogen-bond donors (Lipinski definition) is 7. The molecule has 0 saturated carbocycles. The molecule has 0 unspecified atom stereocenters. The monoisotopic (exact) mass is 1220 g/mol. The Morgan fingerprint density at radius 3 is 1.38 bits per heavy atom. The van der Waals surface area contributed by atoms with Gasteiger partial charge < -0.3 is 99.0 Å². The molecule has 2 rings (SSSR count). The van der Waals surface area contributed by atoms with Gasteiger partial charge in [0.1, 0.15) is 37.1 Å². The number of urea groups is 1. The van der Waals surface area contributed by atoms with Crippen LogP contribution in [0.15, 0.2) is 48.5 Å². The summed E-state index contributed by atoms with van der Waals surface area (Å²) < 4.78 is 71.0. The van der Waals surface area contributed by atoms with Crippen LogP contribution in [0.1, 0.15) is 71.4 Å². The second-order valence-corrected chi connectivity index (χ2v) is 20.6. The minimum atomic E-state index is -1.24. The maximum Gasteiger partial charge on any atom is 0.312 e. The average molecular weight is 1230 g/mol. The number of rotatable bonds is 53. The van der Waals surface area contributed by atoms with Crippen molar-refractivity contribution in [1.29, 1.82) is 0 Å². The number of ether oxygens (including phenoxy) is 13. The van der Waals surface area contributed by atoms with Crippen molar-refractivity contribution < 1.29 is 100 Å². The van der Waals surface area contributed by atoms with Crippen LogP contribution in [-0.2, 0) is 98.6 Å². The van der Waals surface area contributed by atoms with Gasteiger partial charge in [0, 0.05) is 32.2 Å². The summed E-state index contributed by atoms with van der Waals surface area (Å²) >= 11 is 0. The summed E-state index contributed by atoms with van der Waals surface area (Å²) in [6, 6.07) is 9.04. The van der Waals surface area contributed by atoms with Gasteiger partial charge in [-0.2, -0.15) is 0 Å². The van der Waals surface area contributed by atoms with E-state index in [2.05, 4.69) is 26.6 Å². The highest BCUT2D eigenvalue weighted by molar-refractivity contribution is 5.99. The second-order valence-electron chi connectivity index (χ2n) is 20.6. The first kappa shape index (κ1) is 76.0. The first-order chi connectivity index (χ1) is 41.4. The van der Waals surface area contributed by atoms with Crippen LogP contribution in [0.3, 0.4) is 0 Å². The number of carbonyl (C=O) groups is 7. The molecule has 0 aliphatic carbocycles. The lowest BCUT2D eigenvalue weighted by atomic mass is 9.97. The van der Waals surface area contributed by atoms with Crippen LogP contribution in [0.5, 0.6) is 5.75 Å².